The first kappa shape index (κ1) is 18.6. The lowest BCUT2D eigenvalue weighted by Gasteiger charge is -2.31. The van der Waals surface area contributed by atoms with E-state index in [9.17, 15) is 9.00 Å². The third-order valence-electron chi connectivity index (χ3n) is 4.38. The first-order valence-electron chi connectivity index (χ1n) is 8.83. The van der Waals surface area contributed by atoms with E-state index in [1.807, 2.05) is 30.3 Å². The van der Waals surface area contributed by atoms with Crippen LogP contribution in [-0.4, -0.2) is 50.7 Å². The number of nitrogens with one attached hydrogen (secondary N) is 1. The van der Waals surface area contributed by atoms with E-state index in [4.69, 9.17) is 4.52 Å². The second-order valence-electron chi connectivity index (χ2n) is 6.47. The summed E-state index contributed by atoms with van der Waals surface area (Å²) in [6.07, 6.45) is 1.84. The topological polar surface area (TPSA) is 88.3 Å². The smallest absolute Gasteiger partial charge is 0.317 e. The van der Waals surface area contributed by atoms with Crippen LogP contribution in [0.5, 0.6) is 0 Å². The summed E-state index contributed by atoms with van der Waals surface area (Å²) in [4.78, 5) is 18.4. The van der Waals surface area contributed by atoms with E-state index in [0.717, 1.165) is 18.4 Å². The molecule has 140 valence electrons. The number of carbonyl (C=O) groups excluding carboxylic acids is 1. The van der Waals surface area contributed by atoms with Gasteiger partial charge in [0, 0.05) is 41.9 Å². The molecule has 2 unspecified atom stereocenters. The number of nitrogens with zero attached hydrogens (tertiary/aromatic N) is 3. The molecule has 7 nitrogen and oxygen atoms in total. The number of piperidine rings is 1. The lowest BCUT2D eigenvalue weighted by molar-refractivity contribution is 0.172. The van der Waals surface area contributed by atoms with Gasteiger partial charge in [-0.25, -0.2) is 4.79 Å². The first-order valence-corrected chi connectivity index (χ1v) is 10.3. The predicted molar refractivity (Wildman–Crippen MR) is 99.1 cm³/mol. The number of likely N-dealkylation sites (tertiary alicyclic amines) is 1. The molecule has 1 aliphatic heterocycles. The van der Waals surface area contributed by atoms with E-state index in [1.54, 1.807) is 11.8 Å². The van der Waals surface area contributed by atoms with Crippen LogP contribution < -0.4 is 5.32 Å². The zero-order chi connectivity index (χ0) is 18.4. The Morgan fingerprint density at radius 3 is 2.92 bits per heavy atom. The molecule has 0 aliphatic carbocycles. The zero-order valence-corrected chi connectivity index (χ0v) is 15.7. The fourth-order valence-corrected chi connectivity index (χ4v) is 4.10. The molecule has 8 heteroatoms. The number of hydrogen-bond acceptors (Lipinski definition) is 5. The van der Waals surface area contributed by atoms with Crippen molar-refractivity contribution in [2.24, 2.45) is 0 Å². The molecule has 1 saturated heterocycles. The maximum absolute atomic E-state index is 12.4. The Bertz CT molecular complexity index is 750. The van der Waals surface area contributed by atoms with Crippen LogP contribution in [0.4, 0.5) is 4.79 Å². The summed E-state index contributed by atoms with van der Waals surface area (Å²) in [5, 5.41) is 6.70. The summed E-state index contributed by atoms with van der Waals surface area (Å²) < 4.78 is 17.4. The number of carbonyl (C=O) groups is 1. The molecule has 1 N–H and O–H groups in total. The van der Waals surface area contributed by atoms with E-state index in [0.29, 0.717) is 42.9 Å². The third kappa shape index (κ3) is 5.14. The minimum atomic E-state index is -0.993. The minimum Gasteiger partial charge on any atom is -0.339 e. The van der Waals surface area contributed by atoms with E-state index in [1.165, 1.54) is 0 Å². The van der Waals surface area contributed by atoms with Crippen molar-refractivity contribution in [3.05, 3.63) is 47.6 Å². The Hall–Kier alpha value is -2.22. The number of aromatic nitrogens is 2. The van der Waals surface area contributed by atoms with Gasteiger partial charge in [-0.2, -0.15) is 4.98 Å². The lowest BCUT2D eigenvalue weighted by atomic mass is 9.98. The van der Waals surface area contributed by atoms with Gasteiger partial charge in [0.1, 0.15) is 0 Å². The van der Waals surface area contributed by atoms with E-state index < -0.39 is 10.8 Å². The van der Waals surface area contributed by atoms with E-state index in [-0.39, 0.29) is 11.9 Å². The van der Waals surface area contributed by atoms with Crippen LogP contribution in [0.25, 0.3) is 0 Å². The quantitative estimate of drug-likeness (QED) is 0.835. The van der Waals surface area contributed by atoms with Gasteiger partial charge >= 0.3 is 6.03 Å². The molecular weight excluding hydrogens is 352 g/mol. The van der Waals surface area contributed by atoms with Crippen LogP contribution >= 0.6 is 0 Å². The molecule has 0 spiro atoms. The Kier molecular flexibility index (Phi) is 6.38. The maximum atomic E-state index is 12.4. The molecule has 1 fully saturated rings. The fraction of sp³-hybridized carbons (Fsp3) is 0.500. The molecule has 3 rings (SSSR count). The van der Waals surface area contributed by atoms with Crippen molar-refractivity contribution < 1.29 is 13.5 Å². The van der Waals surface area contributed by atoms with Crippen LogP contribution in [0.3, 0.4) is 0 Å². The molecule has 2 amide bonds. The number of rotatable bonds is 6. The van der Waals surface area contributed by atoms with Crippen LogP contribution in [0.2, 0.25) is 0 Å². The highest BCUT2D eigenvalue weighted by atomic mass is 32.2. The van der Waals surface area contributed by atoms with Crippen molar-refractivity contribution in [1.82, 2.24) is 20.4 Å². The number of aryl methyl sites for hydroxylation is 1. The summed E-state index contributed by atoms with van der Waals surface area (Å²) in [7, 11) is -0.993. The average Bonchev–Trinajstić information content (AvgIpc) is 3.09. The van der Waals surface area contributed by atoms with Crippen molar-refractivity contribution in [3.8, 4) is 0 Å². The van der Waals surface area contributed by atoms with Crippen LogP contribution in [0.1, 0.15) is 36.0 Å². The van der Waals surface area contributed by atoms with Gasteiger partial charge in [-0.05, 0) is 25.3 Å². The SMILES string of the molecule is Cc1noc(C2CCCN(C(=O)NCCS(=O)Cc3ccccc3)C2)n1. The highest BCUT2D eigenvalue weighted by Gasteiger charge is 2.28. The number of hydrogen-bond donors (Lipinski definition) is 1. The van der Waals surface area contributed by atoms with Crippen LogP contribution in [0.15, 0.2) is 34.9 Å². The van der Waals surface area contributed by atoms with Gasteiger partial charge in [0.25, 0.3) is 0 Å². The highest BCUT2D eigenvalue weighted by molar-refractivity contribution is 7.84. The Morgan fingerprint density at radius 2 is 2.19 bits per heavy atom. The summed E-state index contributed by atoms with van der Waals surface area (Å²) in [6.45, 7) is 3.47. The van der Waals surface area contributed by atoms with Gasteiger partial charge in [0.2, 0.25) is 5.89 Å². The lowest BCUT2D eigenvalue weighted by Crippen LogP contribution is -2.45. The number of urea groups is 1. The standard InChI is InChI=1S/C18H24N4O3S/c1-14-20-17(25-21-14)16-8-5-10-22(12-16)18(23)19-9-11-26(24)13-15-6-3-2-4-7-15/h2-4,6-7,16H,5,8-13H2,1H3,(H,19,23). The van der Waals surface area contributed by atoms with Gasteiger partial charge in [-0.3, -0.25) is 4.21 Å². The predicted octanol–water partition coefficient (Wildman–Crippen LogP) is 2.22. The van der Waals surface area contributed by atoms with Crippen molar-refractivity contribution in [1.29, 1.82) is 0 Å². The van der Waals surface area contributed by atoms with Crippen molar-refractivity contribution in [3.63, 3.8) is 0 Å². The highest BCUT2D eigenvalue weighted by Crippen LogP contribution is 2.25. The van der Waals surface area contributed by atoms with Gasteiger partial charge in [0.05, 0.1) is 5.92 Å². The monoisotopic (exact) mass is 376 g/mol. The molecule has 0 bridgehead atoms. The number of amides is 2. The van der Waals surface area contributed by atoms with Gasteiger partial charge in [0.15, 0.2) is 5.82 Å². The van der Waals surface area contributed by atoms with Gasteiger partial charge in [-0.1, -0.05) is 35.5 Å². The Balaban J connectivity index is 1.42. The second-order valence-corrected chi connectivity index (χ2v) is 8.05. The minimum absolute atomic E-state index is 0.0860. The average molecular weight is 376 g/mol. The normalized spacial score (nSPS) is 18.5. The van der Waals surface area contributed by atoms with Crippen molar-refractivity contribution >= 4 is 16.8 Å². The summed E-state index contributed by atoms with van der Waals surface area (Å²) >= 11 is 0. The van der Waals surface area contributed by atoms with Gasteiger partial charge < -0.3 is 14.7 Å². The van der Waals surface area contributed by atoms with Gasteiger partial charge in [-0.15, -0.1) is 0 Å². The van der Waals surface area contributed by atoms with Crippen molar-refractivity contribution in [2.45, 2.75) is 31.4 Å². The van der Waals surface area contributed by atoms with Crippen LogP contribution in [0, 0.1) is 6.92 Å². The molecule has 0 radical (unpaired) electrons. The summed E-state index contributed by atoms with van der Waals surface area (Å²) in [5.41, 5.74) is 1.05. The molecule has 26 heavy (non-hydrogen) atoms. The number of benzene rings is 1. The zero-order valence-electron chi connectivity index (χ0n) is 14.9. The Labute approximate surface area is 155 Å². The molecular formula is C18H24N4O3S. The summed E-state index contributed by atoms with van der Waals surface area (Å²) in [6, 6.07) is 9.61. The second kappa shape index (κ2) is 8.93. The van der Waals surface area contributed by atoms with Crippen LogP contribution in [-0.2, 0) is 16.6 Å². The van der Waals surface area contributed by atoms with Crippen molar-refractivity contribution in [2.75, 3.05) is 25.4 Å². The molecule has 1 aliphatic rings. The molecule has 1 aromatic heterocycles. The van der Waals surface area contributed by atoms with E-state index >= 15 is 0 Å². The molecule has 2 heterocycles. The fourth-order valence-electron chi connectivity index (χ4n) is 3.06. The largest absolute Gasteiger partial charge is 0.339 e. The Morgan fingerprint density at radius 1 is 1.38 bits per heavy atom. The third-order valence-corrected chi connectivity index (χ3v) is 5.69. The summed E-state index contributed by atoms with van der Waals surface area (Å²) in [5.74, 6) is 2.26. The molecule has 2 atom stereocenters. The molecule has 1 aromatic carbocycles. The first-order chi connectivity index (χ1) is 12.6. The molecule has 2 aromatic rings. The molecule has 0 saturated carbocycles. The maximum Gasteiger partial charge on any atom is 0.317 e. The van der Waals surface area contributed by atoms with E-state index in [2.05, 4.69) is 15.5 Å².